The standard InChI is InChI=1S/C8H6N2OS2/c1-11-8(12)6-2-5-3-9-4-10-7(5)13-6/h2-4H,1H3. The number of aromatic nitrogens is 2. The van der Waals surface area contributed by atoms with Crippen LogP contribution in [-0.4, -0.2) is 22.1 Å². The van der Waals surface area contributed by atoms with Crippen LogP contribution in [0.1, 0.15) is 4.88 Å². The molecule has 3 nitrogen and oxygen atoms in total. The van der Waals surface area contributed by atoms with Crippen molar-refractivity contribution in [2.75, 3.05) is 7.11 Å². The third-order valence-electron chi connectivity index (χ3n) is 1.58. The highest BCUT2D eigenvalue weighted by Gasteiger charge is 2.06. The maximum Gasteiger partial charge on any atom is 0.201 e. The summed E-state index contributed by atoms with van der Waals surface area (Å²) in [6.07, 6.45) is 3.29. The second kappa shape index (κ2) is 3.35. The van der Waals surface area contributed by atoms with Gasteiger partial charge in [0.05, 0.1) is 12.0 Å². The average Bonchev–Trinajstić information content (AvgIpc) is 2.59. The largest absolute Gasteiger partial charge is 0.486 e. The maximum atomic E-state index is 5.00. The number of thiocarbonyl (C=S) groups is 1. The van der Waals surface area contributed by atoms with E-state index in [-0.39, 0.29) is 0 Å². The van der Waals surface area contributed by atoms with Crippen molar-refractivity contribution >= 4 is 38.8 Å². The van der Waals surface area contributed by atoms with Crippen LogP contribution in [0.4, 0.5) is 0 Å². The molecule has 66 valence electrons. The van der Waals surface area contributed by atoms with Gasteiger partial charge in [0.25, 0.3) is 0 Å². The van der Waals surface area contributed by atoms with Crippen LogP contribution < -0.4 is 0 Å². The fourth-order valence-corrected chi connectivity index (χ4v) is 2.06. The molecule has 2 rings (SSSR count). The van der Waals surface area contributed by atoms with Crippen molar-refractivity contribution in [3.05, 3.63) is 23.5 Å². The third-order valence-corrected chi connectivity index (χ3v) is 3.16. The molecule has 0 unspecified atom stereocenters. The van der Waals surface area contributed by atoms with Crippen LogP contribution >= 0.6 is 23.6 Å². The predicted octanol–water partition coefficient (Wildman–Crippen LogP) is 2.01. The van der Waals surface area contributed by atoms with Gasteiger partial charge in [-0.2, -0.15) is 0 Å². The zero-order chi connectivity index (χ0) is 9.26. The molecule has 2 aromatic heterocycles. The zero-order valence-electron chi connectivity index (χ0n) is 6.85. The van der Waals surface area contributed by atoms with Crippen molar-refractivity contribution in [1.82, 2.24) is 9.97 Å². The molecular weight excluding hydrogens is 204 g/mol. The molecule has 0 aliphatic heterocycles. The summed E-state index contributed by atoms with van der Waals surface area (Å²) in [7, 11) is 1.57. The Labute approximate surface area is 84.4 Å². The molecule has 0 saturated carbocycles. The SMILES string of the molecule is COC(=S)c1cc2cncnc2s1. The number of hydrogen-bond donors (Lipinski definition) is 0. The van der Waals surface area contributed by atoms with Crippen LogP contribution in [0, 0.1) is 0 Å². The van der Waals surface area contributed by atoms with Gasteiger partial charge in [0.1, 0.15) is 11.2 Å². The van der Waals surface area contributed by atoms with E-state index in [1.807, 2.05) is 6.07 Å². The predicted molar refractivity (Wildman–Crippen MR) is 56.1 cm³/mol. The van der Waals surface area contributed by atoms with E-state index in [2.05, 4.69) is 9.97 Å². The van der Waals surface area contributed by atoms with E-state index in [0.717, 1.165) is 15.1 Å². The lowest BCUT2D eigenvalue weighted by Crippen LogP contribution is -1.94. The number of nitrogens with zero attached hydrogens (tertiary/aromatic N) is 2. The first-order chi connectivity index (χ1) is 6.31. The van der Waals surface area contributed by atoms with Gasteiger partial charge >= 0.3 is 0 Å². The molecule has 13 heavy (non-hydrogen) atoms. The summed E-state index contributed by atoms with van der Waals surface area (Å²) in [5, 5.41) is 1.50. The van der Waals surface area contributed by atoms with Crippen molar-refractivity contribution in [2.45, 2.75) is 0 Å². The van der Waals surface area contributed by atoms with Gasteiger partial charge in [0.2, 0.25) is 5.05 Å². The summed E-state index contributed by atoms with van der Waals surface area (Å²) < 4.78 is 4.96. The van der Waals surface area contributed by atoms with Crippen LogP contribution in [0.5, 0.6) is 0 Å². The van der Waals surface area contributed by atoms with Crippen LogP contribution in [0.3, 0.4) is 0 Å². The van der Waals surface area contributed by atoms with Gasteiger partial charge in [-0.15, -0.1) is 11.3 Å². The Bertz CT molecular complexity index is 419. The first-order valence-corrected chi connectivity index (χ1v) is 4.81. The van der Waals surface area contributed by atoms with Crippen LogP contribution in [-0.2, 0) is 4.74 Å². The molecule has 0 N–H and O–H groups in total. The fourth-order valence-electron chi connectivity index (χ4n) is 0.989. The minimum absolute atomic E-state index is 0.503. The molecule has 2 aromatic rings. The third kappa shape index (κ3) is 1.52. The fraction of sp³-hybridized carbons (Fsp3) is 0.125. The van der Waals surface area contributed by atoms with E-state index in [1.54, 1.807) is 13.3 Å². The van der Waals surface area contributed by atoms with E-state index in [1.165, 1.54) is 17.7 Å². The molecule has 0 fully saturated rings. The minimum Gasteiger partial charge on any atom is -0.486 e. The molecule has 0 spiro atoms. The smallest absolute Gasteiger partial charge is 0.201 e. The van der Waals surface area contributed by atoms with E-state index >= 15 is 0 Å². The number of ether oxygens (including phenoxy) is 1. The zero-order valence-corrected chi connectivity index (χ0v) is 8.48. The van der Waals surface area contributed by atoms with Crippen molar-refractivity contribution in [3.8, 4) is 0 Å². The van der Waals surface area contributed by atoms with E-state index in [9.17, 15) is 0 Å². The van der Waals surface area contributed by atoms with E-state index < -0.39 is 0 Å². The summed E-state index contributed by atoms with van der Waals surface area (Å²) in [5.74, 6) is 0. The first kappa shape index (κ1) is 8.52. The number of methoxy groups -OCH3 is 1. The summed E-state index contributed by atoms with van der Waals surface area (Å²) in [4.78, 5) is 9.89. The Morgan fingerprint density at radius 2 is 2.46 bits per heavy atom. The summed E-state index contributed by atoms with van der Waals surface area (Å²) in [6.45, 7) is 0. The average molecular weight is 210 g/mol. The van der Waals surface area contributed by atoms with Crippen molar-refractivity contribution in [3.63, 3.8) is 0 Å². The Hall–Kier alpha value is -1.07. The highest BCUT2D eigenvalue weighted by molar-refractivity contribution is 7.80. The molecule has 5 heteroatoms. The number of fused-ring (bicyclic) bond motifs is 1. The molecule has 0 aliphatic rings. The second-order valence-electron chi connectivity index (χ2n) is 2.39. The monoisotopic (exact) mass is 210 g/mol. The van der Waals surface area contributed by atoms with Gasteiger partial charge in [0.15, 0.2) is 0 Å². The molecule has 2 heterocycles. The van der Waals surface area contributed by atoms with Crippen molar-refractivity contribution < 1.29 is 4.74 Å². The first-order valence-electron chi connectivity index (χ1n) is 3.59. The molecule has 0 amide bonds. The van der Waals surface area contributed by atoms with Crippen LogP contribution in [0.2, 0.25) is 0 Å². The van der Waals surface area contributed by atoms with Crippen LogP contribution in [0.15, 0.2) is 18.6 Å². The molecule has 0 bridgehead atoms. The number of thiophene rings is 1. The van der Waals surface area contributed by atoms with E-state index in [4.69, 9.17) is 17.0 Å². The van der Waals surface area contributed by atoms with Gasteiger partial charge in [-0.1, -0.05) is 0 Å². The van der Waals surface area contributed by atoms with Crippen LogP contribution in [0.25, 0.3) is 10.2 Å². The number of hydrogen-bond acceptors (Lipinski definition) is 5. The van der Waals surface area contributed by atoms with Gasteiger partial charge in [-0.25, -0.2) is 9.97 Å². The molecule has 0 aromatic carbocycles. The molecule has 0 aliphatic carbocycles. The lowest BCUT2D eigenvalue weighted by molar-refractivity contribution is 0.417. The van der Waals surface area contributed by atoms with Crippen molar-refractivity contribution in [1.29, 1.82) is 0 Å². The topological polar surface area (TPSA) is 35.0 Å². The summed E-state index contributed by atoms with van der Waals surface area (Å²) in [5.41, 5.74) is 0. The Kier molecular flexibility index (Phi) is 2.20. The highest BCUT2D eigenvalue weighted by atomic mass is 32.1. The highest BCUT2D eigenvalue weighted by Crippen LogP contribution is 2.23. The van der Waals surface area contributed by atoms with E-state index in [0.29, 0.717) is 5.05 Å². The van der Waals surface area contributed by atoms with Gasteiger partial charge in [0, 0.05) is 11.6 Å². The Morgan fingerprint density at radius 3 is 3.15 bits per heavy atom. The molecule has 0 radical (unpaired) electrons. The van der Waals surface area contributed by atoms with Gasteiger partial charge in [-0.05, 0) is 18.3 Å². The summed E-state index contributed by atoms with van der Waals surface area (Å²) in [6, 6.07) is 1.94. The quantitative estimate of drug-likeness (QED) is 0.674. The Morgan fingerprint density at radius 1 is 1.62 bits per heavy atom. The number of rotatable bonds is 1. The van der Waals surface area contributed by atoms with Gasteiger partial charge in [-0.3, -0.25) is 0 Å². The normalized spacial score (nSPS) is 10.2. The second-order valence-corrected chi connectivity index (χ2v) is 3.79. The van der Waals surface area contributed by atoms with Crippen molar-refractivity contribution in [2.24, 2.45) is 0 Å². The lowest BCUT2D eigenvalue weighted by atomic mass is 10.4. The molecular formula is C8H6N2OS2. The molecule has 0 atom stereocenters. The lowest BCUT2D eigenvalue weighted by Gasteiger charge is -1.94. The molecule has 0 saturated heterocycles. The summed E-state index contributed by atoms with van der Waals surface area (Å²) >= 11 is 6.52. The van der Waals surface area contributed by atoms with Gasteiger partial charge < -0.3 is 4.74 Å². The maximum absolute atomic E-state index is 5.00. The minimum atomic E-state index is 0.503. The Balaban J connectivity index is 2.56.